The Hall–Kier alpha value is -0.940. The molecule has 0 atom stereocenters. The predicted octanol–water partition coefficient (Wildman–Crippen LogP) is 5.15. The molecule has 1 N–H and O–H groups in total. The average Bonchev–Trinajstić information content (AvgIpc) is 2.44. The monoisotopic (exact) mass is 411 g/mol. The second kappa shape index (κ2) is 7.36. The molecular formula is C16H19Br2N3. The van der Waals surface area contributed by atoms with Gasteiger partial charge in [-0.25, -0.2) is 9.97 Å². The summed E-state index contributed by atoms with van der Waals surface area (Å²) in [5.74, 6) is 2.08. The minimum absolute atomic E-state index is 0.350. The van der Waals surface area contributed by atoms with Crippen LogP contribution in [0.2, 0.25) is 0 Å². The third kappa shape index (κ3) is 4.27. The summed E-state index contributed by atoms with van der Waals surface area (Å²) in [6.45, 7) is 7.20. The number of nitrogens with one attached hydrogen (secondary N) is 1. The number of halogens is 2. The lowest BCUT2D eigenvalue weighted by Crippen LogP contribution is -2.09. The zero-order valence-electron chi connectivity index (χ0n) is 12.5. The van der Waals surface area contributed by atoms with Crippen molar-refractivity contribution in [1.82, 2.24) is 9.97 Å². The average molecular weight is 413 g/mol. The fourth-order valence-corrected chi connectivity index (χ4v) is 3.08. The molecule has 3 nitrogen and oxygen atoms in total. The van der Waals surface area contributed by atoms with Crippen molar-refractivity contribution in [3.05, 3.63) is 50.3 Å². The third-order valence-electron chi connectivity index (χ3n) is 3.09. The Bertz CT molecular complexity index is 610. The van der Waals surface area contributed by atoms with E-state index in [1.54, 1.807) is 0 Å². The van der Waals surface area contributed by atoms with Crippen molar-refractivity contribution in [2.24, 2.45) is 0 Å². The fourth-order valence-electron chi connectivity index (χ4n) is 2.04. The summed E-state index contributed by atoms with van der Waals surface area (Å²) >= 11 is 7.07. The van der Waals surface area contributed by atoms with Gasteiger partial charge in [0.15, 0.2) is 0 Å². The van der Waals surface area contributed by atoms with E-state index in [0.717, 1.165) is 39.2 Å². The van der Waals surface area contributed by atoms with Crippen molar-refractivity contribution in [1.29, 1.82) is 0 Å². The minimum Gasteiger partial charge on any atom is -0.369 e. The van der Waals surface area contributed by atoms with Crippen LogP contribution >= 0.6 is 31.9 Å². The van der Waals surface area contributed by atoms with Crippen LogP contribution in [0.1, 0.15) is 43.8 Å². The summed E-state index contributed by atoms with van der Waals surface area (Å²) in [6.07, 6.45) is 0.735. The highest BCUT2D eigenvalue weighted by molar-refractivity contribution is 9.11. The van der Waals surface area contributed by atoms with Crippen LogP contribution in [0.15, 0.2) is 33.2 Å². The molecule has 0 amide bonds. The number of benzene rings is 1. The van der Waals surface area contributed by atoms with Gasteiger partial charge in [0, 0.05) is 17.4 Å². The maximum Gasteiger partial charge on any atom is 0.144 e. The fraction of sp³-hybridized carbons (Fsp3) is 0.375. The molecule has 0 aliphatic rings. The van der Waals surface area contributed by atoms with Gasteiger partial charge in [0.1, 0.15) is 11.6 Å². The van der Waals surface area contributed by atoms with E-state index in [0.29, 0.717) is 5.92 Å². The van der Waals surface area contributed by atoms with E-state index in [9.17, 15) is 0 Å². The smallest absolute Gasteiger partial charge is 0.144 e. The Labute approximate surface area is 142 Å². The Morgan fingerprint density at radius 3 is 2.33 bits per heavy atom. The van der Waals surface area contributed by atoms with Gasteiger partial charge in [-0.1, -0.05) is 41.9 Å². The molecular weight excluding hydrogens is 394 g/mol. The molecule has 0 radical (unpaired) electrons. The molecule has 0 saturated carbocycles. The van der Waals surface area contributed by atoms with Crippen molar-refractivity contribution < 1.29 is 0 Å². The van der Waals surface area contributed by atoms with E-state index in [1.165, 1.54) is 5.56 Å². The van der Waals surface area contributed by atoms with Crippen LogP contribution in [0, 0.1) is 0 Å². The van der Waals surface area contributed by atoms with E-state index < -0.39 is 0 Å². The van der Waals surface area contributed by atoms with Crippen molar-refractivity contribution in [3.63, 3.8) is 0 Å². The molecule has 1 aromatic carbocycles. The minimum atomic E-state index is 0.350. The highest BCUT2D eigenvalue weighted by Crippen LogP contribution is 2.29. The molecule has 112 valence electrons. The molecule has 5 heteroatoms. The highest BCUT2D eigenvalue weighted by Gasteiger charge is 2.14. The van der Waals surface area contributed by atoms with Gasteiger partial charge in [-0.15, -0.1) is 0 Å². The number of rotatable bonds is 5. The second-order valence-corrected chi connectivity index (χ2v) is 6.88. The van der Waals surface area contributed by atoms with Crippen LogP contribution < -0.4 is 5.32 Å². The summed E-state index contributed by atoms with van der Waals surface area (Å²) in [7, 11) is 0. The van der Waals surface area contributed by atoms with Gasteiger partial charge in [0.2, 0.25) is 0 Å². The predicted molar refractivity (Wildman–Crippen MR) is 94.9 cm³/mol. The summed E-state index contributed by atoms with van der Waals surface area (Å²) < 4.78 is 2.05. The molecule has 0 bridgehead atoms. The molecule has 0 fully saturated rings. The first-order valence-electron chi connectivity index (χ1n) is 7.05. The Morgan fingerprint density at radius 1 is 1.10 bits per heavy atom. The molecule has 0 unspecified atom stereocenters. The van der Waals surface area contributed by atoms with Gasteiger partial charge < -0.3 is 5.32 Å². The van der Waals surface area contributed by atoms with Crippen LogP contribution in [-0.2, 0) is 6.42 Å². The number of hydrogen-bond donors (Lipinski definition) is 1. The molecule has 1 heterocycles. The topological polar surface area (TPSA) is 37.8 Å². The lowest BCUT2D eigenvalue weighted by molar-refractivity contribution is 0.784. The number of nitrogens with zero attached hydrogens (tertiary/aromatic N) is 2. The van der Waals surface area contributed by atoms with Crippen LogP contribution in [-0.4, -0.2) is 16.5 Å². The first-order chi connectivity index (χ1) is 10.0. The van der Waals surface area contributed by atoms with Gasteiger partial charge in [0.05, 0.1) is 10.2 Å². The van der Waals surface area contributed by atoms with Gasteiger partial charge in [-0.2, -0.15) is 0 Å². The Morgan fingerprint density at radius 2 is 1.76 bits per heavy atom. The summed E-state index contributed by atoms with van der Waals surface area (Å²) in [4.78, 5) is 9.36. The quantitative estimate of drug-likeness (QED) is 0.737. The van der Waals surface area contributed by atoms with Crippen molar-refractivity contribution >= 4 is 37.7 Å². The zero-order valence-corrected chi connectivity index (χ0v) is 15.6. The molecule has 0 spiro atoms. The summed E-state index contributed by atoms with van der Waals surface area (Å²) in [5, 5.41) is 3.30. The molecule has 2 rings (SSSR count). The largest absolute Gasteiger partial charge is 0.369 e. The molecule has 21 heavy (non-hydrogen) atoms. The van der Waals surface area contributed by atoms with E-state index >= 15 is 0 Å². The van der Waals surface area contributed by atoms with Crippen molar-refractivity contribution in [2.75, 3.05) is 11.9 Å². The maximum atomic E-state index is 4.72. The van der Waals surface area contributed by atoms with E-state index in [2.05, 4.69) is 75.1 Å². The summed E-state index contributed by atoms with van der Waals surface area (Å²) in [6, 6.07) is 8.28. The first-order valence-corrected chi connectivity index (χ1v) is 8.64. The highest BCUT2D eigenvalue weighted by atomic mass is 79.9. The van der Waals surface area contributed by atoms with E-state index in [4.69, 9.17) is 4.98 Å². The zero-order chi connectivity index (χ0) is 15.4. The normalized spacial score (nSPS) is 11.0. The molecule has 0 aliphatic heterocycles. The number of hydrogen-bond acceptors (Lipinski definition) is 3. The van der Waals surface area contributed by atoms with Gasteiger partial charge in [-0.05, 0) is 46.5 Å². The van der Waals surface area contributed by atoms with Gasteiger partial charge in [-0.3, -0.25) is 0 Å². The lowest BCUT2D eigenvalue weighted by Gasteiger charge is -2.14. The Balaban J connectivity index is 2.36. The van der Waals surface area contributed by atoms with Crippen LogP contribution in [0.4, 0.5) is 5.82 Å². The van der Waals surface area contributed by atoms with E-state index in [1.807, 2.05) is 12.1 Å². The van der Waals surface area contributed by atoms with Gasteiger partial charge in [0.25, 0.3) is 0 Å². The van der Waals surface area contributed by atoms with Crippen LogP contribution in [0.5, 0.6) is 0 Å². The number of anilines is 1. The maximum absolute atomic E-state index is 4.72. The summed E-state index contributed by atoms with van der Waals surface area (Å²) in [5.41, 5.74) is 2.26. The number of aromatic nitrogens is 2. The first kappa shape index (κ1) is 16.4. The SMILES string of the molecule is CCNc1nc(Cc2ccc(Br)cc2)nc(C(C)C)c1Br. The van der Waals surface area contributed by atoms with Crippen LogP contribution in [0.25, 0.3) is 0 Å². The second-order valence-electron chi connectivity index (χ2n) is 5.18. The van der Waals surface area contributed by atoms with Crippen LogP contribution in [0.3, 0.4) is 0 Å². The Kier molecular flexibility index (Phi) is 5.76. The van der Waals surface area contributed by atoms with Crippen molar-refractivity contribution in [3.8, 4) is 0 Å². The molecule has 1 aromatic heterocycles. The lowest BCUT2D eigenvalue weighted by atomic mass is 10.1. The molecule has 0 saturated heterocycles. The third-order valence-corrected chi connectivity index (χ3v) is 4.40. The van der Waals surface area contributed by atoms with Crippen molar-refractivity contribution in [2.45, 2.75) is 33.1 Å². The van der Waals surface area contributed by atoms with E-state index in [-0.39, 0.29) is 0 Å². The molecule has 2 aromatic rings. The standard InChI is InChI=1S/C16H19Br2N3/c1-4-19-16-14(18)15(10(2)3)20-13(21-16)9-11-5-7-12(17)8-6-11/h5-8,10H,4,9H2,1-3H3,(H,19,20,21). The van der Waals surface area contributed by atoms with Gasteiger partial charge >= 0.3 is 0 Å². The molecule has 0 aliphatic carbocycles.